The molecule has 0 radical (unpaired) electrons. The SMILES string of the molecule is CCNC1C(=O)Nc2cc(N3CCSC(C)C3)c(Br)cc21. The summed E-state index contributed by atoms with van der Waals surface area (Å²) in [5.41, 5.74) is 3.16. The first-order chi connectivity index (χ1) is 10.1. The number of rotatable bonds is 3. The van der Waals surface area contributed by atoms with Crippen LogP contribution in [0.1, 0.15) is 25.5 Å². The molecule has 6 heteroatoms. The number of benzene rings is 1. The summed E-state index contributed by atoms with van der Waals surface area (Å²) >= 11 is 5.71. The van der Waals surface area contributed by atoms with E-state index >= 15 is 0 Å². The maximum absolute atomic E-state index is 12.1. The zero-order valence-electron chi connectivity index (χ0n) is 12.3. The lowest BCUT2D eigenvalue weighted by Gasteiger charge is -2.33. The van der Waals surface area contributed by atoms with Crippen molar-refractivity contribution in [1.29, 1.82) is 0 Å². The number of fused-ring (bicyclic) bond motifs is 1. The molecule has 2 atom stereocenters. The van der Waals surface area contributed by atoms with Crippen LogP contribution in [0.15, 0.2) is 16.6 Å². The Kier molecular flexibility index (Phi) is 4.47. The van der Waals surface area contributed by atoms with Crippen molar-refractivity contribution in [2.45, 2.75) is 25.1 Å². The molecule has 2 aliphatic rings. The van der Waals surface area contributed by atoms with Gasteiger partial charge in [-0.1, -0.05) is 13.8 Å². The third-order valence-corrected chi connectivity index (χ3v) is 5.71. The van der Waals surface area contributed by atoms with Gasteiger partial charge in [0.25, 0.3) is 0 Å². The van der Waals surface area contributed by atoms with E-state index in [0.29, 0.717) is 5.25 Å². The Morgan fingerprint density at radius 3 is 3.05 bits per heavy atom. The Balaban J connectivity index is 1.92. The number of carbonyl (C=O) groups excluding carboxylic acids is 1. The summed E-state index contributed by atoms with van der Waals surface area (Å²) in [6, 6.07) is 3.96. The number of nitrogens with zero attached hydrogens (tertiary/aromatic N) is 1. The van der Waals surface area contributed by atoms with E-state index in [4.69, 9.17) is 0 Å². The number of likely N-dealkylation sites (N-methyl/N-ethyl adjacent to an activating group) is 1. The Bertz CT molecular complexity index is 566. The Labute approximate surface area is 138 Å². The maximum Gasteiger partial charge on any atom is 0.246 e. The predicted octanol–water partition coefficient (Wildman–Crippen LogP) is 2.99. The van der Waals surface area contributed by atoms with Crippen molar-refractivity contribution in [3.8, 4) is 0 Å². The minimum atomic E-state index is -0.230. The van der Waals surface area contributed by atoms with E-state index < -0.39 is 0 Å². The molecule has 2 aliphatic heterocycles. The average molecular weight is 370 g/mol. The van der Waals surface area contributed by atoms with E-state index in [1.165, 1.54) is 5.69 Å². The summed E-state index contributed by atoms with van der Waals surface area (Å²) < 4.78 is 1.07. The van der Waals surface area contributed by atoms with Crippen LogP contribution >= 0.6 is 27.7 Å². The van der Waals surface area contributed by atoms with Crippen LogP contribution in [0.25, 0.3) is 0 Å². The number of hydrogen-bond donors (Lipinski definition) is 2. The zero-order valence-corrected chi connectivity index (χ0v) is 14.7. The molecule has 21 heavy (non-hydrogen) atoms. The topological polar surface area (TPSA) is 44.4 Å². The smallest absolute Gasteiger partial charge is 0.246 e. The molecule has 1 fully saturated rings. The fourth-order valence-electron chi connectivity index (χ4n) is 2.96. The fraction of sp³-hybridized carbons (Fsp3) is 0.533. The molecule has 1 aromatic rings. The molecular weight excluding hydrogens is 350 g/mol. The molecule has 4 nitrogen and oxygen atoms in total. The average Bonchev–Trinajstić information content (AvgIpc) is 2.74. The summed E-state index contributed by atoms with van der Waals surface area (Å²) in [7, 11) is 0. The van der Waals surface area contributed by atoms with E-state index in [2.05, 4.69) is 50.5 Å². The number of amides is 1. The molecule has 1 amide bonds. The van der Waals surface area contributed by atoms with Gasteiger partial charge in [-0.25, -0.2) is 0 Å². The first kappa shape index (κ1) is 15.2. The number of anilines is 2. The minimum Gasteiger partial charge on any atom is -0.369 e. The quantitative estimate of drug-likeness (QED) is 0.859. The highest BCUT2D eigenvalue weighted by Gasteiger charge is 2.31. The van der Waals surface area contributed by atoms with Crippen molar-refractivity contribution < 1.29 is 4.79 Å². The van der Waals surface area contributed by atoms with Gasteiger partial charge < -0.3 is 15.5 Å². The van der Waals surface area contributed by atoms with E-state index in [9.17, 15) is 4.79 Å². The van der Waals surface area contributed by atoms with E-state index in [-0.39, 0.29) is 11.9 Å². The zero-order chi connectivity index (χ0) is 15.0. The first-order valence-electron chi connectivity index (χ1n) is 7.34. The van der Waals surface area contributed by atoms with Crippen LogP contribution in [-0.4, -0.2) is 36.5 Å². The highest BCUT2D eigenvalue weighted by molar-refractivity contribution is 9.10. The summed E-state index contributed by atoms with van der Waals surface area (Å²) in [6.45, 7) is 7.16. The van der Waals surface area contributed by atoms with Crippen LogP contribution in [0.4, 0.5) is 11.4 Å². The summed E-state index contributed by atoms with van der Waals surface area (Å²) in [6.07, 6.45) is 0. The van der Waals surface area contributed by atoms with E-state index in [1.54, 1.807) is 0 Å². The monoisotopic (exact) mass is 369 g/mol. The molecule has 0 bridgehead atoms. The van der Waals surface area contributed by atoms with Crippen LogP contribution in [0.2, 0.25) is 0 Å². The fourth-order valence-corrected chi connectivity index (χ4v) is 4.58. The number of halogens is 1. The standard InChI is InChI=1S/C15H20BrN3OS/c1-3-17-14-10-6-11(16)13(7-12(10)18-15(14)20)19-4-5-21-9(2)8-19/h6-7,9,14,17H,3-5,8H2,1-2H3,(H,18,20). The number of carbonyl (C=O) groups is 1. The van der Waals surface area contributed by atoms with Gasteiger partial charge in [-0.3, -0.25) is 4.79 Å². The normalized spacial score (nSPS) is 24.9. The highest BCUT2D eigenvalue weighted by atomic mass is 79.9. The van der Waals surface area contributed by atoms with Gasteiger partial charge in [-0.2, -0.15) is 11.8 Å². The summed E-state index contributed by atoms with van der Waals surface area (Å²) in [5.74, 6) is 1.19. The van der Waals surface area contributed by atoms with Crippen LogP contribution < -0.4 is 15.5 Å². The lowest BCUT2D eigenvalue weighted by molar-refractivity contribution is -0.117. The van der Waals surface area contributed by atoms with Crippen molar-refractivity contribution in [1.82, 2.24) is 5.32 Å². The highest BCUT2D eigenvalue weighted by Crippen LogP contribution is 2.40. The van der Waals surface area contributed by atoms with Crippen LogP contribution in [0.3, 0.4) is 0 Å². The molecule has 0 spiro atoms. The number of nitrogens with one attached hydrogen (secondary N) is 2. The molecule has 2 heterocycles. The molecule has 114 valence electrons. The van der Waals surface area contributed by atoms with Gasteiger partial charge in [0.1, 0.15) is 6.04 Å². The van der Waals surface area contributed by atoms with Gasteiger partial charge in [-0.15, -0.1) is 0 Å². The lowest BCUT2D eigenvalue weighted by Crippen LogP contribution is -2.36. The summed E-state index contributed by atoms with van der Waals surface area (Å²) in [5, 5.41) is 6.87. The van der Waals surface area contributed by atoms with E-state index in [0.717, 1.165) is 41.1 Å². The number of hydrogen-bond acceptors (Lipinski definition) is 4. The van der Waals surface area contributed by atoms with Gasteiger partial charge >= 0.3 is 0 Å². The third kappa shape index (κ3) is 2.94. The van der Waals surface area contributed by atoms with Crippen molar-refractivity contribution >= 4 is 45.0 Å². The van der Waals surface area contributed by atoms with Gasteiger partial charge in [0.15, 0.2) is 0 Å². The maximum atomic E-state index is 12.1. The molecule has 1 aromatic carbocycles. The molecule has 0 aliphatic carbocycles. The van der Waals surface area contributed by atoms with Crippen LogP contribution in [0.5, 0.6) is 0 Å². The van der Waals surface area contributed by atoms with Gasteiger partial charge in [0.2, 0.25) is 5.91 Å². The minimum absolute atomic E-state index is 0.0402. The largest absolute Gasteiger partial charge is 0.369 e. The molecule has 2 unspecified atom stereocenters. The second-order valence-electron chi connectivity index (χ2n) is 5.50. The third-order valence-electron chi connectivity index (χ3n) is 3.94. The predicted molar refractivity (Wildman–Crippen MR) is 93.3 cm³/mol. The summed E-state index contributed by atoms with van der Waals surface area (Å²) in [4.78, 5) is 14.5. The number of thioether (sulfide) groups is 1. The molecule has 3 rings (SSSR count). The van der Waals surface area contributed by atoms with Crippen molar-refractivity contribution in [3.63, 3.8) is 0 Å². The van der Waals surface area contributed by atoms with Crippen molar-refractivity contribution in [2.75, 3.05) is 35.6 Å². The Hall–Kier alpha value is -0.720. The van der Waals surface area contributed by atoms with Gasteiger partial charge in [-0.05, 0) is 34.6 Å². The molecule has 1 saturated heterocycles. The van der Waals surface area contributed by atoms with Crippen molar-refractivity contribution in [2.24, 2.45) is 0 Å². The molecule has 0 aromatic heterocycles. The molecule has 2 N–H and O–H groups in total. The van der Waals surface area contributed by atoms with Gasteiger partial charge in [0.05, 0.1) is 5.69 Å². The first-order valence-corrected chi connectivity index (χ1v) is 9.18. The van der Waals surface area contributed by atoms with E-state index in [1.807, 2.05) is 18.7 Å². The Morgan fingerprint density at radius 1 is 1.52 bits per heavy atom. The Morgan fingerprint density at radius 2 is 2.33 bits per heavy atom. The second kappa shape index (κ2) is 6.18. The lowest BCUT2D eigenvalue weighted by atomic mass is 10.1. The molecular formula is C15H20BrN3OS. The van der Waals surface area contributed by atoms with Gasteiger partial charge in [0, 0.05) is 39.8 Å². The molecule has 0 saturated carbocycles. The van der Waals surface area contributed by atoms with Crippen molar-refractivity contribution in [3.05, 3.63) is 22.2 Å². The second-order valence-corrected chi connectivity index (χ2v) is 7.90. The van der Waals surface area contributed by atoms with Crippen LogP contribution in [-0.2, 0) is 4.79 Å². The van der Waals surface area contributed by atoms with Crippen LogP contribution in [0, 0.1) is 0 Å².